The normalized spacial score (nSPS) is 54.5. The second kappa shape index (κ2) is 2.14. The van der Waals surface area contributed by atoms with E-state index in [9.17, 15) is 0 Å². The van der Waals surface area contributed by atoms with E-state index in [0.29, 0.717) is 0 Å². The Balaban J connectivity index is 2.06. The quantitative estimate of drug-likeness (QED) is 0.570. The molecular weight excluding hydrogens is 172 g/mol. The van der Waals surface area contributed by atoms with Crippen LogP contribution in [0.5, 0.6) is 0 Å². The van der Waals surface area contributed by atoms with Gasteiger partial charge in [-0.05, 0) is 23.7 Å². The molecule has 0 amide bonds. The fourth-order valence-electron chi connectivity index (χ4n) is 3.16. The molecule has 11 heavy (non-hydrogen) atoms. The summed E-state index contributed by atoms with van der Waals surface area (Å²) >= 11 is 4.45. The lowest BCUT2D eigenvalue weighted by Gasteiger charge is -2.31. The maximum atomic E-state index is 2.23. The van der Waals surface area contributed by atoms with Crippen LogP contribution in [0.3, 0.4) is 0 Å². The van der Waals surface area contributed by atoms with E-state index in [1.165, 1.54) is 29.4 Å². The highest BCUT2D eigenvalue weighted by Crippen LogP contribution is 2.66. The Hall–Kier alpha value is 0.700. The molecule has 0 spiro atoms. The van der Waals surface area contributed by atoms with Crippen molar-refractivity contribution in [3.8, 4) is 0 Å². The van der Waals surface area contributed by atoms with Crippen molar-refractivity contribution in [2.45, 2.75) is 19.3 Å². The Morgan fingerprint density at radius 1 is 0.727 bits per heavy atom. The van der Waals surface area contributed by atoms with Crippen LogP contribution in [0.15, 0.2) is 0 Å². The van der Waals surface area contributed by atoms with E-state index in [4.69, 9.17) is 0 Å². The van der Waals surface area contributed by atoms with Crippen molar-refractivity contribution in [1.82, 2.24) is 0 Å². The zero-order valence-corrected chi connectivity index (χ0v) is 8.40. The van der Waals surface area contributed by atoms with Gasteiger partial charge in [0.1, 0.15) is 0 Å². The van der Waals surface area contributed by atoms with E-state index in [1.54, 1.807) is 12.8 Å². The van der Waals surface area contributed by atoms with Gasteiger partial charge in [0.2, 0.25) is 0 Å². The van der Waals surface area contributed by atoms with Crippen LogP contribution >= 0.6 is 23.5 Å². The molecule has 3 fully saturated rings. The molecule has 0 N–H and O–H groups in total. The molecule has 0 bridgehead atoms. The highest BCUT2D eigenvalue weighted by Gasteiger charge is 2.60. The molecule has 0 aromatic rings. The van der Waals surface area contributed by atoms with Crippen LogP contribution < -0.4 is 0 Å². The van der Waals surface area contributed by atoms with E-state index in [1.807, 2.05) is 0 Å². The summed E-state index contributed by atoms with van der Waals surface area (Å²) in [6, 6.07) is 0. The van der Waals surface area contributed by atoms with Crippen LogP contribution in [0.4, 0.5) is 0 Å². The molecule has 62 valence electrons. The molecule has 0 unspecified atom stereocenters. The highest BCUT2D eigenvalue weighted by molar-refractivity contribution is 8.01. The maximum absolute atomic E-state index is 2.23. The minimum absolute atomic E-state index is 0.822. The summed E-state index contributed by atoms with van der Waals surface area (Å²) in [6.07, 6.45) is 4.63. The molecule has 0 radical (unpaired) electrons. The van der Waals surface area contributed by atoms with E-state index >= 15 is 0 Å². The van der Waals surface area contributed by atoms with Gasteiger partial charge >= 0.3 is 0 Å². The fourth-order valence-corrected chi connectivity index (χ4v) is 7.40. The number of hydrogen-bond acceptors (Lipinski definition) is 2. The predicted molar refractivity (Wildman–Crippen MR) is 53.4 cm³/mol. The predicted octanol–water partition coefficient (Wildman–Crippen LogP) is 2.64. The van der Waals surface area contributed by atoms with Crippen molar-refractivity contribution in [2.24, 2.45) is 10.8 Å². The second-order valence-corrected chi connectivity index (χ2v) is 6.37. The van der Waals surface area contributed by atoms with E-state index in [0.717, 1.165) is 10.8 Å². The van der Waals surface area contributed by atoms with Gasteiger partial charge in [-0.25, -0.2) is 0 Å². The van der Waals surface area contributed by atoms with Gasteiger partial charge in [0.25, 0.3) is 0 Å². The van der Waals surface area contributed by atoms with Crippen LogP contribution in [0.1, 0.15) is 19.3 Å². The lowest BCUT2D eigenvalue weighted by molar-refractivity contribution is 0.212. The zero-order chi connectivity index (χ0) is 7.36. The fraction of sp³-hybridized carbons (Fsp3) is 1.00. The average Bonchev–Trinajstić information content (AvgIpc) is 2.40. The highest BCUT2D eigenvalue weighted by atomic mass is 32.2. The summed E-state index contributed by atoms with van der Waals surface area (Å²) in [6.45, 7) is 0. The zero-order valence-electron chi connectivity index (χ0n) is 6.77. The van der Waals surface area contributed by atoms with Crippen molar-refractivity contribution < 1.29 is 0 Å². The molecule has 0 atom stereocenters. The van der Waals surface area contributed by atoms with Gasteiger partial charge in [-0.2, -0.15) is 23.5 Å². The monoisotopic (exact) mass is 186 g/mol. The van der Waals surface area contributed by atoms with E-state index in [-0.39, 0.29) is 0 Å². The van der Waals surface area contributed by atoms with Crippen molar-refractivity contribution >= 4 is 23.5 Å². The summed E-state index contributed by atoms with van der Waals surface area (Å²) in [5.41, 5.74) is 1.64. The van der Waals surface area contributed by atoms with Crippen molar-refractivity contribution in [2.75, 3.05) is 23.0 Å². The molecule has 0 nitrogen and oxygen atoms in total. The maximum Gasteiger partial charge on any atom is 0.000325 e. The van der Waals surface area contributed by atoms with Gasteiger partial charge in [-0.3, -0.25) is 0 Å². The summed E-state index contributed by atoms with van der Waals surface area (Å²) in [4.78, 5) is 0. The Labute approximate surface area is 76.9 Å². The molecule has 1 saturated carbocycles. The first kappa shape index (κ1) is 7.14. The first-order valence-electron chi connectivity index (χ1n) is 4.53. The molecule has 2 aliphatic heterocycles. The van der Waals surface area contributed by atoms with Crippen molar-refractivity contribution in [3.63, 3.8) is 0 Å². The minimum atomic E-state index is 0.822. The van der Waals surface area contributed by atoms with Crippen molar-refractivity contribution in [3.05, 3.63) is 0 Å². The number of rotatable bonds is 0. The molecule has 1 aliphatic carbocycles. The van der Waals surface area contributed by atoms with Gasteiger partial charge in [0.15, 0.2) is 0 Å². The van der Waals surface area contributed by atoms with Gasteiger partial charge in [-0.15, -0.1) is 0 Å². The van der Waals surface area contributed by atoms with Gasteiger partial charge in [0, 0.05) is 23.0 Å². The molecule has 2 saturated heterocycles. The molecular formula is C9H14S2. The van der Waals surface area contributed by atoms with Crippen molar-refractivity contribution in [1.29, 1.82) is 0 Å². The number of thioether (sulfide) groups is 2. The van der Waals surface area contributed by atoms with Gasteiger partial charge in [-0.1, -0.05) is 6.42 Å². The summed E-state index contributed by atoms with van der Waals surface area (Å²) < 4.78 is 0. The Morgan fingerprint density at radius 2 is 1.18 bits per heavy atom. The topological polar surface area (TPSA) is 0 Å². The third-order valence-electron chi connectivity index (χ3n) is 3.95. The first-order valence-corrected chi connectivity index (χ1v) is 6.84. The lowest BCUT2D eigenvalue weighted by atomic mass is 9.71. The Bertz CT molecular complexity index is 141. The Kier molecular flexibility index (Phi) is 1.39. The summed E-state index contributed by atoms with van der Waals surface area (Å²) in [5.74, 6) is 5.94. The molecule has 0 aromatic carbocycles. The molecule has 2 heterocycles. The third-order valence-corrected chi connectivity index (χ3v) is 6.98. The molecule has 2 heteroatoms. The second-order valence-electron chi connectivity index (χ2n) is 4.40. The van der Waals surface area contributed by atoms with Crippen LogP contribution in [0.25, 0.3) is 0 Å². The summed E-state index contributed by atoms with van der Waals surface area (Å²) in [7, 11) is 0. The first-order chi connectivity index (χ1) is 5.37. The average molecular weight is 186 g/mol. The lowest BCUT2D eigenvalue weighted by Crippen LogP contribution is -2.34. The van der Waals surface area contributed by atoms with Crippen LogP contribution in [0.2, 0.25) is 0 Å². The SMILES string of the molecule is C1CC23CSCC2(C1)CSC3. The number of hydrogen-bond donors (Lipinski definition) is 0. The third kappa shape index (κ3) is 0.713. The molecule has 0 aromatic heterocycles. The molecule has 3 rings (SSSR count). The van der Waals surface area contributed by atoms with Gasteiger partial charge in [0.05, 0.1) is 0 Å². The standard InChI is InChI=1S/C9H14S2/c1-2-8-4-10-6-9(8,3-1)7-11-5-8/h1-7H2. The summed E-state index contributed by atoms with van der Waals surface area (Å²) in [5, 5.41) is 0. The Morgan fingerprint density at radius 3 is 1.64 bits per heavy atom. The van der Waals surface area contributed by atoms with Crippen LogP contribution in [-0.2, 0) is 0 Å². The van der Waals surface area contributed by atoms with E-state index in [2.05, 4.69) is 23.5 Å². The van der Waals surface area contributed by atoms with Crippen LogP contribution in [0, 0.1) is 10.8 Å². The van der Waals surface area contributed by atoms with E-state index < -0.39 is 0 Å². The van der Waals surface area contributed by atoms with Gasteiger partial charge < -0.3 is 0 Å². The minimum Gasteiger partial charge on any atom is -0.161 e. The smallest absolute Gasteiger partial charge is 0.000325 e. The molecule has 3 aliphatic rings. The van der Waals surface area contributed by atoms with Crippen LogP contribution in [-0.4, -0.2) is 23.0 Å². The largest absolute Gasteiger partial charge is 0.161 e.